The first-order valence-corrected chi connectivity index (χ1v) is 20.7. The van der Waals surface area contributed by atoms with Crippen LogP contribution in [0.1, 0.15) is 111 Å². The molecule has 0 heterocycles. The summed E-state index contributed by atoms with van der Waals surface area (Å²) in [7, 11) is -12.2. The van der Waals surface area contributed by atoms with Gasteiger partial charge >= 0.3 is 34.0 Å². The van der Waals surface area contributed by atoms with Crippen LogP contribution in [0.3, 0.4) is 0 Å². The van der Waals surface area contributed by atoms with E-state index in [1.54, 1.807) is 24.3 Å². The van der Waals surface area contributed by atoms with Gasteiger partial charge in [0.05, 0.1) is 58.2 Å². The molecule has 0 fully saturated rings. The van der Waals surface area contributed by atoms with E-state index in [0.717, 1.165) is 34.0 Å². The second-order valence-corrected chi connectivity index (χ2v) is 23.2. The minimum absolute atomic E-state index is 0. The second-order valence-electron chi connectivity index (χ2n) is 10.3. The minimum atomic E-state index is -6.00. The molecule has 0 aliphatic heterocycles. The van der Waals surface area contributed by atoms with Gasteiger partial charge < -0.3 is 34.5 Å². The predicted octanol–water partition coefficient (Wildman–Crippen LogP) is 15.5. The number of rotatable bonds is 6. The van der Waals surface area contributed by atoms with Crippen molar-refractivity contribution in [2.24, 2.45) is 0 Å². The molecule has 0 bridgehead atoms. The van der Waals surface area contributed by atoms with Gasteiger partial charge in [0.25, 0.3) is 0 Å². The standard InChI is InChI=1S/2C9H21P.4C2H3N.2CHCl3.2BF4.Ru/c2*1-7(2)10(8(3)4)9(5)6;4*1-2-3;2*2-1(3)4;2*2-1(3,4)5;/h2*7-9H,1-6H3;4*1H3;2*1H;;;/q;;;;;;;;2*-1;+2/p+2. The van der Waals surface area contributed by atoms with E-state index in [1.807, 2.05) is 0 Å². The molecular formula is C28H58B2Cl6F8N4P2Ru+2. The van der Waals surface area contributed by atoms with Crippen molar-refractivity contribution in [3.05, 3.63) is 0 Å². The zero-order chi connectivity index (χ0) is 43.6. The summed E-state index contributed by atoms with van der Waals surface area (Å²) in [6.45, 7) is 34.2. The Hall–Kier alpha value is 0.753. The van der Waals surface area contributed by atoms with Crippen LogP contribution in [0.4, 0.5) is 34.5 Å². The van der Waals surface area contributed by atoms with Gasteiger partial charge in [0.1, 0.15) is 0 Å². The number of halogens is 14. The summed E-state index contributed by atoms with van der Waals surface area (Å²) in [6, 6.07) is 7.00. The molecule has 0 radical (unpaired) electrons. The Morgan fingerprint density at radius 1 is 0.373 bits per heavy atom. The fraction of sp³-hybridized carbons (Fsp3) is 0.857. The second kappa shape index (κ2) is 57.5. The van der Waals surface area contributed by atoms with E-state index < -0.39 is 23.1 Å². The van der Waals surface area contributed by atoms with Crippen molar-refractivity contribution in [2.75, 3.05) is 0 Å². The van der Waals surface area contributed by atoms with Gasteiger partial charge in [0.2, 0.25) is 0 Å². The van der Waals surface area contributed by atoms with E-state index in [-0.39, 0.29) is 35.3 Å². The van der Waals surface area contributed by atoms with Gasteiger partial charge in [0.15, 0.2) is 8.59 Å². The molecule has 23 heteroatoms. The molecule has 0 saturated carbocycles. The van der Waals surface area contributed by atoms with Gasteiger partial charge in [0, 0.05) is 43.5 Å². The number of nitrogens with zero attached hydrogens (tertiary/aromatic N) is 4. The topological polar surface area (TPSA) is 95.2 Å². The SMILES string of the molecule is CC#N.CC#N.CC#N.CC#N.CC(C)[PH+](C(C)C)C(C)C.CC(C)[PH+](C(C)C)C(C)C.ClC(Cl)Cl.ClC(Cl)Cl.F[B-](F)(F)F.F[B-](F)(F)F.[Ru+2]. The van der Waals surface area contributed by atoms with E-state index in [0.29, 0.717) is 0 Å². The van der Waals surface area contributed by atoms with Crippen LogP contribution in [0.2, 0.25) is 0 Å². The number of hydrogen-bond acceptors (Lipinski definition) is 4. The maximum atomic E-state index is 9.75. The third-order valence-electron chi connectivity index (χ3n) is 4.00. The van der Waals surface area contributed by atoms with Crippen LogP contribution < -0.4 is 0 Å². The van der Waals surface area contributed by atoms with Crippen LogP contribution in [0, 0.1) is 45.3 Å². The molecule has 51 heavy (non-hydrogen) atoms. The Kier molecular flexibility index (Phi) is 90.5. The van der Waals surface area contributed by atoms with E-state index in [2.05, 4.69) is 83.1 Å². The first-order valence-electron chi connectivity index (χ1n) is 14.6. The minimum Gasteiger partial charge on any atom is -0.418 e. The van der Waals surface area contributed by atoms with Crippen LogP contribution in [-0.4, -0.2) is 57.1 Å². The molecular weight excluding hydrogens is 942 g/mol. The van der Waals surface area contributed by atoms with E-state index in [4.69, 9.17) is 90.7 Å². The van der Waals surface area contributed by atoms with E-state index in [9.17, 15) is 34.5 Å². The Labute approximate surface area is 350 Å². The van der Waals surface area contributed by atoms with Crippen molar-refractivity contribution in [1.82, 2.24) is 0 Å². The summed E-state index contributed by atoms with van der Waals surface area (Å²) in [5.41, 5.74) is 5.61. The molecule has 0 N–H and O–H groups in total. The molecule has 0 unspecified atom stereocenters. The quantitative estimate of drug-likeness (QED) is 0.115. The predicted molar refractivity (Wildman–Crippen MR) is 216 cm³/mol. The van der Waals surface area contributed by atoms with Crippen LogP contribution in [0.5, 0.6) is 0 Å². The van der Waals surface area contributed by atoms with Crippen molar-refractivity contribution in [3.8, 4) is 24.3 Å². The van der Waals surface area contributed by atoms with Gasteiger partial charge in [-0.1, -0.05) is 69.6 Å². The van der Waals surface area contributed by atoms with Crippen LogP contribution in [-0.2, 0) is 19.5 Å². The Morgan fingerprint density at radius 2 is 0.412 bits per heavy atom. The zero-order valence-electron chi connectivity index (χ0n) is 32.2. The third kappa shape index (κ3) is 197. The molecule has 310 valence electrons. The summed E-state index contributed by atoms with van der Waals surface area (Å²) < 4.78 is 76.5. The first-order chi connectivity index (χ1) is 22.0. The average molecular weight is 1000 g/mol. The van der Waals surface area contributed by atoms with Gasteiger partial charge in [-0.05, 0) is 83.1 Å². The van der Waals surface area contributed by atoms with Crippen molar-refractivity contribution in [3.63, 3.8) is 0 Å². The van der Waals surface area contributed by atoms with E-state index in [1.165, 1.54) is 27.7 Å². The molecule has 0 aromatic heterocycles. The van der Waals surface area contributed by atoms with Gasteiger partial charge in [-0.25, -0.2) is 0 Å². The van der Waals surface area contributed by atoms with Gasteiger partial charge in [-0.2, -0.15) is 21.0 Å². The Balaban J connectivity index is -0.0000000403. The Bertz CT molecular complexity index is 682. The molecule has 0 aromatic carbocycles. The van der Waals surface area contributed by atoms with Crippen molar-refractivity contribution in [1.29, 1.82) is 21.0 Å². The first kappa shape index (κ1) is 80.3. The fourth-order valence-electron chi connectivity index (χ4n) is 4.00. The third-order valence-corrected chi connectivity index (χ3v) is 12.0. The average Bonchev–Trinajstić information content (AvgIpc) is 2.77. The van der Waals surface area contributed by atoms with Crippen LogP contribution >= 0.6 is 85.4 Å². The smallest absolute Gasteiger partial charge is 0.418 e. The summed E-state index contributed by atoms with van der Waals surface area (Å²) in [5, 5.41) is 29.3. The van der Waals surface area contributed by atoms with Crippen molar-refractivity contribution < 1.29 is 54.0 Å². The summed E-state index contributed by atoms with van der Waals surface area (Å²) in [5.74, 6) is 0. The summed E-state index contributed by atoms with van der Waals surface area (Å²) in [6.07, 6.45) is 0. The van der Waals surface area contributed by atoms with Crippen LogP contribution in [0.15, 0.2) is 0 Å². The molecule has 0 spiro atoms. The van der Waals surface area contributed by atoms with Crippen molar-refractivity contribution in [2.45, 2.75) is 153 Å². The fourth-order valence-corrected chi connectivity index (χ4v) is 12.0. The number of nitriles is 4. The molecule has 0 saturated heterocycles. The normalized spacial score (nSPS) is 9.33. The monoisotopic (exact) mass is 998 g/mol. The molecule has 0 aliphatic rings. The van der Waals surface area contributed by atoms with Crippen LogP contribution in [0.25, 0.3) is 0 Å². The largest absolute Gasteiger partial charge is 2.00 e. The number of hydrogen-bond donors (Lipinski definition) is 0. The summed E-state index contributed by atoms with van der Waals surface area (Å²) in [4.78, 5) is 0. The molecule has 4 nitrogen and oxygen atoms in total. The van der Waals surface area contributed by atoms with Crippen molar-refractivity contribution >= 4 is 100.0 Å². The zero-order valence-corrected chi connectivity index (χ0v) is 40.5. The maximum Gasteiger partial charge on any atom is 2.00 e. The van der Waals surface area contributed by atoms with Gasteiger partial charge in [-0.3, -0.25) is 0 Å². The number of alkyl halides is 6. The maximum absolute atomic E-state index is 9.75. The summed E-state index contributed by atoms with van der Waals surface area (Å²) >= 11 is 28.8. The molecule has 0 aliphatic carbocycles. The molecule has 0 aromatic rings. The molecule has 0 atom stereocenters. The molecule has 0 amide bonds. The Morgan fingerprint density at radius 3 is 0.412 bits per heavy atom. The van der Waals surface area contributed by atoms with Gasteiger partial charge in [-0.15, -0.1) is 0 Å². The molecule has 0 rings (SSSR count). The van der Waals surface area contributed by atoms with E-state index >= 15 is 0 Å².